The first kappa shape index (κ1) is 16.7. The molecule has 20 heavy (non-hydrogen) atoms. The van der Waals surface area contributed by atoms with Gasteiger partial charge in [-0.15, -0.1) is 0 Å². The van der Waals surface area contributed by atoms with Gasteiger partial charge in [-0.25, -0.2) is 0 Å². The molecule has 3 heteroatoms. The largest absolute Gasteiger partial charge is 0.486 e. The molecule has 0 fully saturated rings. The second-order valence-electron chi connectivity index (χ2n) is 5.86. The minimum atomic E-state index is -0.00867. The molecule has 1 N–H and O–H groups in total. The molecule has 112 valence electrons. The Bertz CT molecular complexity index is 421. The standard InChI is InChI=1S/C17H27NO2/c1-6-9-14-10-7-8-11-16(14)20-15(13-19-5)12-18-17(2,3)4/h6-11,15,18H,12-13H2,1-5H3/b9-6+. The molecule has 1 atom stereocenters. The van der Waals surface area contributed by atoms with Gasteiger partial charge in [0, 0.05) is 24.8 Å². The number of nitrogens with one attached hydrogen (secondary N) is 1. The first-order valence-electron chi connectivity index (χ1n) is 7.08. The van der Waals surface area contributed by atoms with Crippen molar-refractivity contribution < 1.29 is 9.47 Å². The van der Waals surface area contributed by atoms with Gasteiger partial charge in [-0.3, -0.25) is 0 Å². The third kappa shape index (κ3) is 6.22. The summed E-state index contributed by atoms with van der Waals surface area (Å²) < 4.78 is 11.4. The summed E-state index contributed by atoms with van der Waals surface area (Å²) in [7, 11) is 1.70. The number of hydrogen-bond donors (Lipinski definition) is 1. The van der Waals surface area contributed by atoms with Crippen LogP contribution in [0.2, 0.25) is 0 Å². The van der Waals surface area contributed by atoms with Crippen molar-refractivity contribution in [2.45, 2.75) is 39.3 Å². The van der Waals surface area contributed by atoms with E-state index >= 15 is 0 Å². The molecule has 0 aliphatic rings. The molecule has 3 nitrogen and oxygen atoms in total. The lowest BCUT2D eigenvalue weighted by molar-refractivity contribution is 0.0763. The maximum Gasteiger partial charge on any atom is 0.134 e. The monoisotopic (exact) mass is 277 g/mol. The summed E-state index contributed by atoms with van der Waals surface area (Å²) in [4.78, 5) is 0. The Balaban J connectivity index is 2.74. The zero-order valence-corrected chi connectivity index (χ0v) is 13.3. The van der Waals surface area contributed by atoms with Crippen LogP contribution in [0.25, 0.3) is 6.08 Å². The summed E-state index contributed by atoms with van der Waals surface area (Å²) in [5.41, 5.74) is 1.16. The van der Waals surface area contributed by atoms with Crippen molar-refractivity contribution in [1.82, 2.24) is 5.32 Å². The molecule has 0 heterocycles. The van der Waals surface area contributed by atoms with E-state index < -0.39 is 0 Å². The lowest BCUT2D eigenvalue weighted by Gasteiger charge is -2.26. The average Bonchev–Trinajstić information content (AvgIpc) is 2.38. The molecule has 0 aliphatic heterocycles. The van der Waals surface area contributed by atoms with Crippen LogP contribution in [0.3, 0.4) is 0 Å². The molecule has 0 bridgehead atoms. The molecule has 1 aromatic carbocycles. The first-order chi connectivity index (χ1) is 9.46. The summed E-state index contributed by atoms with van der Waals surface area (Å²) in [6, 6.07) is 8.05. The third-order valence-corrected chi connectivity index (χ3v) is 2.77. The zero-order chi connectivity index (χ0) is 15.0. The number of para-hydroxylation sites is 1. The van der Waals surface area contributed by atoms with Crippen LogP contribution in [0.4, 0.5) is 0 Å². The van der Waals surface area contributed by atoms with Gasteiger partial charge >= 0.3 is 0 Å². The van der Waals surface area contributed by atoms with Crippen molar-refractivity contribution in [2.24, 2.45) is 0 Å². The topological polar surface area (TPSA) is 30.5 Å². The Kier molecular flexibility index (Phi) is 6.76. The van der Waals surface area contributed by atoms with Crippen LogP contribution in [0.1, 0.15) is 33.3 Å². The second-order valence-corrected chi connectivity index (χ2v) is 5.86. The molecule has 0 amide bonds. The van der Waals surface area contributed by atoms with Gasteiger partial charge in [0.25, 0.3) is 0 Å². The number of ether oxygens (including phenoxy) is 2. The molecular formula is C17H27NO2. The van der Waals surface area contributed by atoms with Crippen LogP contribution in [-0.2, 0) is 4.74 Å². The highest BCUT2D eigenvalue weighted by Crippen LogP contribution is 2.21. The van der Waals surface area contributed by atoms with Crippen LogP contribution >= 0.6 is 0 Å². The van der Waals surface area contributed by atoms with Gasteiger partial charge in [0.2, 0.25) is 0 Å². The molecule has 0 saturated carbocycles. The quantitative estimate of drug-likeness (QED) is 0.827. The van der Waals surface area contributed by atoms with Gasteiger partial charge in [-0.05, 0) is 33.8 Å². The van der Waals surface area contributed by atoms with Crippen LogP contribution in [0, 0.1) is 0 Å². The number of rotatable bonds is 7. The lowest BCUT2D eigenvalue weighted by atomic mass is 10.1. The number of benzene rings is 1. The second kappa shape index (κ2) is 8.08. The summed E-state index contributed by atoms with van der Waals surface area (Å²) in [5, 5.41) is 3.46. The van der Waals surface area contributed by atoms with Gasteiger partial charge in [0.1, 0.15) is 11.9 Å². The van der Waals surface area contributed by atoms with Gasteiger partial charge in [-0.1, -0.05) is 30.4 Å². The minimum absolute atomic E-state index is 0.00867. The van der Waals surface area contributed by atoms with Crippen LogP contribution in [0.5, 0.6) is 5.75 Å². The first-order valence-corrected chi connectivity index (χ1v) is 7.08. The predicted octanol–water partition coefficient (Wildman–Crippen LogP) is 3.50. The highest BCUT2D eigenvalue weighted by Gasteiger charge is 2.16. The van der Waals surface area contributed by atoms with Crippen molar-refractivity contribution in [2.75, 3.05) is 20.3 Å². The predicted molar refractivity (Wildman–Crippen MR) is 85.2 cm³/mol. The van der Waals surface area contributed by atoms with E-state index in [9.17, 15) is 0 Å². The molecule has 1 rings (SSSR count). The third-order valence-electron chi connectivity index (χ3n) is 2.77. The van der Waals surface area contributed by atoms with E-state index in [2.05, 4.69) is 38.2 Å². The van der Waals surface area contributed by atoms with E-state index in [1.165, 1.54) is 0 Å². The highest BCUT2D eigenvalue weighted by molar-refractivity contribution is 5.56. The van der Waals surface area contributed by atoms with Gasteiger partial charge in [-0.2, -0.15) is 0 Å². The maximum atomic E-state index is 6.10. The molecular weight excluding hydrogens is 250 g/mol. The average molecular weight is 277 g/mol. The lowest BCUT2D eigenvalue weighted by Crippen LogP contribution is -2.44. The fraction of sp³-hybridized carbons (Fsp3) is 0.529. The molecule has 1 aromatic rings. The van der Waals surface area contributed by atoms with Crippen molar-refractivity contribution in [1.29, 1.82) is 0 Å². The normalized spacial score (nSPS) is 13.7. The zero-order valence-electron chi connectivity index (χ0n) is 13.3. The van der Waals surface area contributed by atoms with Crippen molar-refractivity contribution >= 4 is 6.08 Å². The molecule has 0 spiro atoms. The maximum absolute atomic E-state index is 6.10. The van der Waals surface area contributed by atoms with E-state index in [1.54, 1.807) is 7.11 Å². The molecule has 0 saturated heterocycles. The van der Waals surface area contributed by atoms with Gasteiger partial charge in [0.15, 0.2) is 0 Å². The van der Waals surface area contributed by atoms with E-state index in [0.717, 1.165) is 17.9 Å². The molecule has 0 radical (unpaired) electrons. The number of methoxy groups -OCH3 is 1. The van der Waals surface area contributed by atoms with E-state index in [1.807, 2.05) is 31.2 Å². The van der Waals surface area contributed by atoms with Crippen LogP contribution < -0.4 is 10.1 Å². The number of hydrogen-bond acceptors (Lipinski definition) is 3. The summed E-state index contributed by atoms with van der Waals surface area (Å²) in [6.07, 6.45) is 4.06. The van der Waals surface area contributed by atoms with Gasteiger partial charge in [0.05, 0.1) is 6.61 Å². The molecule has 0 aromatic heterocycles. The minimum Gasteiger partial charge on any atom is -0.486 e. The smallest absolute Gasteiger partial charge is 0.134 e. The van der Waals surface area contributed by atoms with Gasteiger partial charge < -0.3 is 14.8 Å². The highest BCUT2D eigenvalue weighted by atomic mass is 16.5. The SMILES string of the molecule is C/C=C/c1ccccc1OC(CNC(C)(C)C)COC. The summed E-state index contributed by atoms with van der Waals surface area (Å²) >= 11 is 0. The fourth-order valence-corrected chi connectivity index (χ4v) is 1.83. The van der Waals surface area contributed by atoms with E-state index in [0.29, 0.717) is 6.61 Å². The van der Waals surface area contributed by atoms with E-state index in [4.69, 9.17) is 9.47 Å². The van der Waals surface area contributed by atoms with Crippen molar-refractivity contribution in [3.05, 3.63) is 35.9 Å². The summed E-state index contributed by atoms with van der Waals surface area (Å²) in [5.74, 6) is 0.892. The Hall–Kier alpha value is -1.32. The Morgan fingerprint density at radius 1 is 1.25 bits per heavy atom. The Morgan fingerprint density at radius 3 is 2.55 bits per heavy atom. The fourth-order valence-electron chi connectivity index (χ4n) is 1.83. The van der Waals surface area contributed by atoms with Crippen LogP contribution in [0.15, 0.2) is 30.3 Å². The van der Waals surface area contributed by atoms with Crippen molar-refractivity contribution in [3.8, 4) is 5.75 Å². The van der Waals surface area contributed by atoms with Crippen LogP contribution in [-0.4, -0.2) is 31.9 Å². The Morgan fingerprint density at radius 2 is 1.95 bits per heavy atom. The summed E-state index contributed by atoms with van der Waals surface area (Å²) in [6.45, 7) is 9.75. The van der Waals surface area contributed by atoms with Crippen molar-refractivity contribution in [3.63, 3.8) is 0 Å². The molecule has 1 unspecified atom stereocenters. The number of allylic oxidation sites excluding steroid dienone is 1. The van der Waals surface area contributed by atoms with E-state index in [-0.39, 0.29) is 11.6 Å². The Labute approximate surface area is 123 Å². The molecule has 0 aliphatic carbocycles.